The van der Waals surface area contributed by atoms with E-state index in [0.29, 0.717) is 29.5 Å². The van der Waals surface area contributed by atoms with E-state index in [1.54, 1.807) is 6.92 Å². The van der Waals surface area contributed by atoms with Crippen LogP contribution in [0.15, 0.2) is 11.6 Å². The van der Waals surface area contributed by atoms with Gasteiger partial charge in [-0.1, -0.05) is 17.7 Å². The number of carboxylic acid groups (broad SMARTS) is 1. The molecule has 0 unspecified atom stereocenters. The summed E-state index contributed by atoms with van der Waals surface area (Å²) in [6, 6.07) is 0. The van der Waals surface area contributed by atoms with Gasteiger partial charge in [-0.2, -0.15) is 0 Å². The van der Waals surface area contributed by atoms with Crippen LogP contribution in [-0.2, 0) is 0 Å². The molecule has 0 amide bonds. The van der Waals surface area contributed by atoms with E-state index in [1.165, 1.54) is 6.21 Å². The van der Waals surface area contributed by atoms with E-state index in [0.717, 1.165) is 5.57 Å². The summed E-state index contributed by atoms with van der Waals surface area (Å²) in [6.07, 6.45) is 3.74. The van der Waals surface area contributed by atoms with Gasteiger partial charge >= 0.3 is 5.97 Å². The summed E-state index contributed by atoms with van der Waals surface area (Å²) in [7, 11) is 0. The van der Waals surface area contributed by atoms with Crippen LogP contribution in [0, 0.1) is 12.3 Å². The van der Waals surface area contributed by atoms with Crippen molar-refractivity contribution in [2.45, 2.75) is 20.3 Å². The number of nitrogens with zero attached hydrogens (tertiary/aromatic N) is 2. The monoisotopic (exact) mass is 282 g/mol. The topological polar surface area (TPSA) is 99.0 Å². The fourth-order valence-corrected chi connectivity index (χ4v) is 1.55. The molecule has 0 atom stereocenters. The van der Waals surface area contributed by atoms with Gasteiger partial charge in [0.15, 0.2) is 0 Å². The molecule has 6 nitrogen and oxygen atoms in total. The van der Waals surface area contributed by atoms with Gasteiger partial charge in [0.1, 0.15) is 10.8 Å². The van der Waals surface area contributed by atoms with E-state index in [2.05, 4.69) is 15.3 Å². The van der Waals surface area contributed by atoms with Crippen molar-refractivity contribution in [2.75, 3.05) is 11.9 Å². The van der Waals surface area contributed by atoms with Crippen molar-refractivity contribution < 1.29 is 9.90 Å². The molecule has 102 valence electrons. The van der Waals surface area contributed by atoms with E-state index >= 15 is 0 Å². The van der Waals surface area contributed by atoms with E-state index < -0.39 is 5.97 Å². The molecule has 0 aromatic carbocycles. The fourth-order valence-electron chi connectivity index (χ4n) is 1.40. The number of hydrogen-bond donors (Lipinski definition) is 3. The zero-order chi connectivity index (χ0) is 14.4. The van der Waals surface area contributed by atoms with Gasteiger partial charge in [-0.3, -0.25) is 0 Å². The smallest absolute Gasteiger partial charge is 0.374 e. The average molecular weight is 283 g/mol. The maximum absolute atomic E-state index is 10.9. The number of nitrogens with one attached hydrogen (secondary N) is 2. The molecule has 1 aromatic rings. The van der Waals surface area contributed by atoms with Crippen molar-refractivity contribution in [1.29, 1.82) is 5.41 Å². The predicted molar refractivity (Wildman–Crippen MR) is 74.4 cm³/mol. The second-order valence-corrected chi connectivity index (χ2v) is 4.16. The van der Waals surface area contributed by atoms with Crippen LogP contribution < -0.4 is 5.32 Å². The minimum Gasteiger partial charge on any atom is -0.475 e. The molecule has 3 N–H and O–H groups in total. The Balaban J connectivity index is 2.83. The lowest BCUT2D eigenvalue weighted by molar-refractivity contribution is 0.0683. The highest BCUT2D eigenvalue weighted by Gasteiger charge is 2.13. The molecule has 0 saturated heterocycles. The lowest BCUT2D eigenvalue weighted by Gasteiger charge is -2.09. The second-order valence-electron chi connectivity index (χ2n) is 3.79. The van der Waals surface area contributed by atoms with Gasteiger partial charge in [0, 0.05) is 12.8 Å². The highest BCUT2D eigenvalue weighted by Crippen LogP contribution is 2.22. The predicted octanol–water partition coefficient (Wildman–Crippen LogP) is 2.53. The number of carboxylic acids is 1. The molecule has 0 aliphatic carbocycles. The Morgan fingerprint density at radius 2 is 2.21 bits per heavy atom. The summed E-state index contributed by atoms with van der Waals surface area (Å²) in [4.78, 5) is 18.5. The third-order valence-electron chi connectivity index (χ3n) is 2.47. The van der Waals surface area contributed by atoms with Gasteiger partial charge in [0.25, 0.3) is 0 Å². The maximum Gasteiger partial charge on any atom is 0.374 e. The second kappa shape index (κ2) is 6.84. The highest BCUT2D eigenvalue weighted by molar-refractivity contribution is 6.33. The van der Waals surface area contributed by atoms with Crippen molar-refractivity contribution in [3.63, 3.8) is 0 Å². The molecule has 19 heavy (non-hydrogen) atoms. The Labute approximate surface area is 116 Å². The minimum absolute atomic E-state index is 0.289. The Hall–Kier alpha value is -1.95. The van der Waals surface area contributed by atoms with Crippen LogP contribution in [0.2, 0.25) is 5.02 Å². The fraction of sp³-hybridized carbons (Fsp3) is 0.333. The highest BCUT2D eigenvalue weighted by atomic mass is 35.5. The lowest BCUT2D eigenvalue weighted by atomic mass is 10.2. The van der Waals surface area contributed by atoms with E-state index in [9.17, 15) is 4.79 Å². The molecule has 0 bridgehead atoms. The standard InChI is InChI=1S/C12H15ClN4O2/c1-3-8(6-14)4-5-15-10-9(13)7(2)16-11(17-10)12(18)19/h3,6,14H,4-5H2,1-2H3,(H,18,19)(H,15,16,17)/b8-3-,14-6?. The molecule has 0 fully saturated rings. The summed E-state index contributed by atoms with van der Waals surface area (Å²) >= 11 is 6.01. The Kier molecular flexibility index (Phi) is 5.44. The van der Waals surface area contributed by atoms with Gasteiger partial charge in [-0.15, -0.1) is 0 Å². The molecule has 1 rings (SSSR count). The molecular weight excluding hydrogens is 268 g/mol. The summed E-state index contributed by atoms with van der Waals surface area (Å²) in [5.41, 5.74) is 1.28. The first-order valence-electron chi connectivity index (χ1n) is 5.66. The Morgan fingerprint density at radius 3 is 2.74 bits per heavy atom. The molecule has 0 radical (unpaired) electrons. The van der Waals surface area contributed by atoms with Gasteiger partial charge in [-0.05, 0) is 25.8 Å². The first-order valence-corrected chi connectivity index (χ1v) is 6.04. The van der Waals surface area contributed by atoms with Crippen molar-refractivity contribution >= 4 is 29.6 Å². The van der Waals surface area contributed by atoms with Crippen LogP contribution in [0.25, 0.3) is 0 Å². The van der Waals surface area contributed by atoms with E-state index in [-0.39, 0.29) is 5.82 Å². The number of carbonyl (C=O) groups is 1. The van der Waals surface area contributed by atoms with Gasteiger partial charge in [-0.25, -0.2) is 14.8 Å². The van der Waals surface area contributed by atoms with Crippen LogP contribution in [0.1, 0.15) is 29.7 Å². The number of anilines is 1. The van der Waals surface area contributed by atoms with Crippen LogP contribution in [0.3, 0.4) is 0 Å². The van der Waals surface area contributed by atoms with Crippen LogP contribution in [0.5, 0.6) is 0 Å². The quantitative estimate of drug-likeness (QED) is 0.696. The van der Waals surface area contributed by atoms with Gasteiger partial charge < -0.3 is 15.8 Å². The minimum atomic E-state index is -1.20. The number of rotatable bonds is 6. The Morgan fingerprint density at radius 1 is 1.53 bits per heavy atom. The average Bonchev–Trinajstić information content (AvgIpc) is 2.39. The van der Waals surface area contributed by atoms with Crippen molar-refractivity contribution in [3.05, 3.63) is 28.2 Å². The summed E-state index contributed by atoms with van der Waals surface area (Å²) in [6.45, 7) is 3.98. The van der Waals surface area contributed by atoms with Gasteiger partial charge in [0.05, 0.1) is 5.69 Å². The van der Waals surface area contributed by atoms with E-state index in [1.807, 2.05) is 13.0 Å². The molecule has 0 aliphatic rings. The first kappa shape index (κ1) is 15.1. The van der Waals surface area contributed by atoms with Crippen molar-refractivity contribution in [1.82, 2.24) is 9.97 Å². The molecule has 1 heterocycles. The zero-order valence-electron chi connectivity index (χ0n) is 10.7. The molecule has 0 spiro atoms. The molecular formula is C12H15ClN4O2. The number of aromatic carboxylic acids is 1. The Bertz CT molecular complexity index is 529. The third kappa shape index (κ3) is 4.03. The first-order chi connectivity index (χ1) is 8.99. The zero-order valence-corrected chi connectivity index (χ0v) is 11.5. The summed E-state index contributed by atoms with van der Waals surface area (Å²) < 4.78 is 0. The van der Waals surface area contributed by atoms with Gasteiger partial charge in [0.2, 0.25) is 5.82 Å². The molecule has 7 heteroatoms. The normalized spacial score (nSPS) is 11.2. The third-order valence-corrected chi connectivity index (χ3v) is 2.92. The van der Waals surface area contributed by atoms with Crippen molar-refractivity contribution in [2.24, 2.45) is 0 Å². The molecule has 1 aromatic heterocycles. The summed E-state index contributed by atoms with van der Waals surface area (Å²) in [5, 5.41) is 19.3. The largest absolute Gasteiger partial charge is 0.475 e. The van der Waals surface area contributed by atoms with Crippen LogP contribution in [0.4, 0.5) is 5.82 Å². The van der Waals surface area contributed by atoms with Crippen LogP contribution in [-0.4, -0.2) is 33.8 Å². The number of allylic oxidation sites excluding steroid dienone is 1. The SMILES string of the molecule is C/C=C(\C=N)CCNc1nc(C(=O)O)nc(C)c1Cl. The molecule has 0 saturated carbocycles. The number of hydrogen-bond acceptors (Lipinski definition) is 5. The number of halogens is 1. The molecule has 0 aliphatic heterocycles. The lowest BCUT2D eigenvalue weighted by Crippen LogP contribution is -2.12. The maximum atomic E-state index is 10.9. The number of aryl methyl sites for hydroxylation is 1. The van der Waals surface area contributed by atoms with E-state index in [4.69, 9.17) is 22.1 Å². The van der Waals surface area contributed by atoms with Crippen molar-refractivity contribution in [3.8, 4) is 0 Å². The number of aromatic nitrogens is 2. The summed E-state index contributed by atoms with van der Waals surface area (Å²) in [5.74, 6) is -1.19. The van der Waals surface area contributed by atoms with Crippen LogP contribution >= 0.6 is 11.6 Å².